The average Bonchev–Trinajstić information content (AvgIpc) is 2.29. The van der Waals surface area contributed by atoms with E-state index >= 15 is 0 Å². The van der Waals surface area contributed by atoms with E-state index in [9.17, 15) is 0 Å². The Hall–Kier alpha value is -0.860. The zero-order valence-corrected chi connectivity index (χ0v) is 10.6. The van der Waals surface area contributed by atoms with Crippen molar-refractivity contribution in [3.63, 3.8) is 0 Å². The van der Waals surface area contributed by atoms with Gasteiger partial charge in [-0.3, -0.25) is 0 Å². The molecule has 1 aromatic carbocycles. The Bertz CT molecular complexity index is 281. The minimum absolute atomic E-state index is 0.433. The third kappa shape index (κ3) is 4.77. The first kappa shape index (κ1) is 13.2. The summed E-state index contributed by atoms with van der Waals surface area (Å²) in [5.74, 6) is 0. The van der Waals surface area contributed by atoms with E-state index in [1.165, 1.54) is 17.5 Å². The van der Waals surface area contributed by atoms with Gasteiger partial charge in [-0.15, -0.1) is 0 Å². The highest BCUT2D eigenvalue weighted by molar-refractivity contribution is 5.23. The third-order valence-corrected chi connectivity index (χ3v) is 2.80. The van der Waals surface area contributed by atoms with Gasteiger partial charge < -0.3 is 10.1 Å². The maximum absolute atomic E-state index is 5.02. The van der Waals surface area contributed by atoms with Crippen molar-refractivity contribution in [1.29, 1.82) is 0 Å². The van der Waals surface area contributed by atoms with Crippen LogP contribution in [0.3, 0.4) is 0 Å². The fourth-order valence-corrected chi connectivity index (χ4v) is 1.66. The van der Waals surface area contributed by atoms with E-state index in [0.717, 1.165) is 19.6 Å². The maximum Gasteiger partial charge on any atom is 0.0462 e. The predicted molar refractivity (Wildman–Crippen MR) is 68.7 cm³/mol. The zero-order valence-electron chi connectivity index (χ0n) is 10.6. The first-order chi connectivity index (χ1) is 7.74. The number of rotatable bonds is 7. The first-order valence-electron chi connectivity index (χ1n) is 6.03. The van der Waals surface area contributed by atoms with Crippen LogP contribution in [0.15, 0.2) is 24.3 Å². The molecule has 0 saturated heterocycles. The van der Waals surface area contributed by atoms with Gasteiger partial charge in [0.05, 0.1) is 0 Å². The van der Waals surface area contributed by atoms with Crippen LogP contribution in [0.1, 0.15) is 36.9 Å². The summed E-state index contributed by atoms with van der Waals surface area (Å²) in [6.45, 7) is 6.24. The van der Waals surface area contributed by atoms with Gasteiger partial charge in [-0.2, -0.15) is 0 Å². The van der Waals surface area contributed by atoms with Crippen molar-refractivity contribution in [2.45, 2.75) is 32.7 Å². The van der Waals surface area contributed by atoms with E-state index in [1.54, 1.807) is 7.11 Å². The molecule has 2 nitrogen and oxygen atoms in total. The number of aryl methyl sites for hydroxylation is 1. The molecular weight excluding hydrogens is 198 g/mol. The number of benzene rings is 1. The van der Waals surface area contributed by atoms with Gasteiger partial charge in [-0.05, 0) is 38.8 Å². The van der Waals surface area contributed by atoms with E-state index < -0.39 is 0 Å². The lowest BCUT2D eigenvalue weighted by molar-refractivity contribution is 0.192. The van der Waals surface area contributed by atoms with Crippen LogP contribution in [-0.4, -0.2) is 20.3 Å². The Morgan fingerprint density at radius 3 is 2.50 bits per heavy atom. The van der Waals surface area contributed by atoms with Gasteiger partial charge >= 0.3 is 0 Å². The largest absolute Gasteiger partial charge is 0.385 e. The topological polar surface area (TPSA) is 21.3 Å². The molecule has 1 N–H and O–H groups in total. The number of hydrogen-bond acceptors (Lipinski definition) is 2. The molecule has 1 rings (SSSR count). The summed E-state index contributed by atoms with van der Waals surface area (Å²) in [7, 11) is 1.75. The summed E-state index contributed by atoms with van der Waals surface area (Å²) in [6.07, 6.45) is 2.30. The highest BCUT2D eigenvalue weighted by atomic mass is 16.5. The molecule has 16 heavy (non-hydrogen) atoms. The van der Waals surface area contributed by atoms with Gasteiger partial charge in [-0.1, -0.05) is 29.8 Å². The number of ether oxygens (including phenoxy) is 1. The molecule has 0 saturated carbocycles. The molecule has 0 fully saturated rings. The monoisotopic (exact) mass is 221 g/mol. The lowest BCUT2D eigenvalue weighted by Gasteiger charge is -2.14. The standard InChI is InChI=1S/C14H23NO/c1-12-6-8-14(9-7-12)13(2)15-10-4-5-11-16-3/h6-9,13,15H,4-5,10-11H2,1-3H3/t13-/m1/s1. The minimum atomic E-state index is 0.433. The molecule has 0 radical (unpaired) electrons. The highest BCUT2D eigenvalue weighted by Gasteiger charge is 2.02. The van der Waals surface area contributed by atoms with Crippen molar-refractivity contribution in [2.75, 3.05) is 20.3 Å². The molecule has 0 heterocycles. The van der Waals surface area contributed by atoms with Crippen LogP contribution in [-0.2, 0) is 4.74 Å². The Labute approximate surface area is 99.0 Å². The third-order valence-electron chi connectivity index (χ3n) is 2.80. The van der Waals surface area contributed by atoms with Crippen LogP contribution in [0.25, 0.3) is 0 Å². The van der Waals surface area contributed by atoms with Gasteiger partial charge in [0.15, 0.2) is 0 Å². The fourth-order valence-electron chi connectivity index (χ4n) is 1.66. The van der Waals surface area contributed by atoms with Gasteiger partial charge in [0.25, 0.3) is 0 Å². The van der Waals surface area contributed by atoms with Crippen LogP contribution < -0.4 is 5.32 Å². The quantitative estimate of drug-likeness (QED) is 0.714. The minimum Gasteiger partial charge on any atom is -0.385 e. The van der Waals surface area contributed by atoms with E-state index in [4.69, 9.17) is 4.74 Å². The summed E-state index contributed by atoms with van der Waals surface area (Å²) in [6, 6.07) is 9.16. The number of hydrogen-bond donors (Lipinski definition) is 1. The first-order valence-corrected chi connectivity index (χ1v) is 6.03. The number of unbranched alkanes of at least 4 members (excludes halogenated alkanes) is 1. The van der Waals surface area contributed by atoms with Gasteiger partial charge in [0.1, 0.15) is 0 Å². The molecule has 2 heteroatoms. The molecular formula is C14H23NO. The van der Waals surface area contributed by atoms with Crippen LogP contribution in [0.4, 0.5) is 0 Å². The van der Waals surface area contributed by atoms with Crippen LogP contribution in [0.2, 0.25) is 0 Å². The Kier molecular flexibility index (Phi) is 6.12. The van der Waals surface area contributed by atoms with Crippen molar-refractivity contribution in [2.24, 2.45) is 0 Å². The summed E-state index contributed by atoms with van der Waals surface area (Å²) in [4.78, 5) is 0. The van der Waals surface area contributed by atoms with Crippen molar-refractivity contribution in [3.05, 3.63) is 35.4 Å². The second-order valence-electron chi connectivity index (χ2n) is 4.29. The van der Waals surface area contributed by atoms with Crippen LogP contribution in [0, 0.1) is 6.92 Å². The van der Waals surface area contributed by atoms with E-state index in [2.05, 4.69) is 43.4 Å². The molecule has 0 aliphatic heterocycles. The molecule has 90 valence electrons. The second kappa shape index (κ2) is 7.42. The molecule has 0 aliphatic carbocycles. The van der Waals surface area contributed by atoms with Crippen molar-refractivity contribution >= 4 is 0 Å². The Balaban J connectivity index is 2.24. The highest BCUT2D eigenvalue weighted by Crippen LogP contribution is 2.12. The molecule has 0 amide bonds. The predicted octanol–water partition coefficient (Wildman–Crippen LogP) is 3.07. The fraction of sp³-hybridized carbons (Fsp3) is 0.571. The molecule has 0 aliphatic rings. The van der Waals surface area contributed by atoms with Crippen molar-refractivity contribution in [3.8, 4) is 0 Å². The molecule has 0 spiro atoms. The Morgan fingerprint density at radius 2 is 1.88 bits per heavy atom. The summed E-state index contributed by atoms with van der Waals surface area (Å²) < 4.78 is 5.02. The number of nitrogens with one attached hydrogen (secondary N) is 1. The van der Waals surface area contributed by atoms with Gasteiger partial charge in [-0.25, -0.2) is 0 Å². The smallest absolute Gasteiger partial charge is 0.0462 e. The molecule has 1 atom stereocenters. The molecule has 1 aromatic rings. The molecule has 0 aromatic heterocycles. The lowest BCUT2D eigenvalue weighted by atomic mass is 10.1. The van der Waals surface area contributed by atoms with Crippen LogP contribution >= 0.6 is 0 Å². The summed E-state index contributed by atoms with van der Waals surface area (Å²) in [5.41, 5.74) is 2.67. The van der Waals surface area contributed by atoms with E-state index in [0.29, 0.717) is 6.04 Å². The summed E-state index contributed by atoms with van der Waals surface area (Å²) >= 11 is 0. The second-order valence-corrected chi connectivity index (χ2v) is 4.29. The van der Waals surface area contributed by atoms with E-state index in [-0.39, 0.29) is 0 Å². The SMILES string of the molecule is COCCCCN[C@H](C)c1ccc(C)cc1. The zero-order chi connectivity index (χ0) is 11.8. The van der Waals surface area contributed by atoms with Crippen molar-refractivity contribution < 1.29 is 4.74 Å². The molecule has 0 bridgehead atoms. The normalized spacial score (nSPS) is 12.7. The molecule has 0 unspecified atom stereocenters. The van der Waals surface area contributed by atoms with Gasteiger partial charge in [0.2, 0.25) is 0 Å². The number of methoxy groups -OCH3 is 1. The van der Waals surface area contributed by atoms with E-state index in [1.807, 2.05) is 0 Å². The van der Waals surface area contributed by atoms with Crippen LogP contribution in [0.5, 0.6) is 0 Å². The Morgan fingerprint density at radius 1 is 1.19 bits per heavy atom. The maximum atomic E-state index is 5.02. The van der Waals surface area contributed by atoms with Gasteiger partial charge in [0, 0.05) is 19.8 Å². The summed E-state index contributed by atoms with van der Waals surface area (Å²) in [5, 5.41) is 3.52. The van der Waals surface area contributed by atoms with Crippen molar-refractivity contribution in [1.82, 2.24) is 5.32 Å². The average molecular weight is 221 g/mol. The lowest BCUT2D eigenvalue weighted by Crippen LogP contribution is -2.20.